The van der Waals surface area contributed by atoms with Gasteiger partial charge in [-0.05, 0) is 42.3 Å². The van der Waals surface area contributed by atoms with Crippen molar-refractivity contribution in [2.45, 2.75) is 43.4 Å². The van der Waals surface area contributed by atoms with Gasteiger partial charge in [0, 0.05) is 6.42 Å². The number of aliphatic hydroxyl groups is 2. The van der Waals surface area contributed by atoms with Gasteiger partial charge in [0.1, 0.15) is 30.5 Å². The van der Waals surface area contributed by atoms with Gasteiger partial charge in [0.05, 0.1) is 0 Å². The van der Waals surface area contributed by atoms with Crippen molar-refractivity contribution in [1.29, 1.82) is 0 Å². The molecule has 0 saturated carbocycles. The molecule has 0 radical (unpaired) electrons. The van der Waals surface area contributed by atoms with Gasteiger partial charge in [-0.1, -0.05) is 5.92 Å². The van der Waals surface area contributed by atoms with Crippen LogP contribution < -0.4 is 0 Å². The predicted molar refractivity (Wildman–Crippen MR) is 73.3 cm³/mol. The van der Waals surface area contributed by atoms with Crippen LogP contribution in [0.2, 0.25) is 0 Å². The zero-order chi connectivity index (χ0) is 15.2. The van der Waals surface area contributed by atoms with E-state index in [1.54, 1.807) is 0 Å². The van der Waals surface area contributed by atoms with Gasteiger partial charge in [-0.2, -0.15) is 0 Å². The molecule has 2 aliphatic rings. The summed E-state index contributed by atoms with van der Waals surface area (Å²) in [6.07, 6.45) is 5.17. The third-order valence-corrected chi connectivity index (χ3v) is 3.18. The molecule has 2 heterocycles. The normalized spacial score (nSPS) is 29.4. The maximum absolute atomic E-state index is 11.0. The summed E-state index contributed by atoms with van der Waals surface area (Å²) < 4.78 is 10.2. The number of ether oxygens (including phenoxy) is 2. The fraction of sp³-hybridized carbons (Fsp3) is 0.438. The first-order valence-electron chi connectivity index (χ1n) is 6.47. The van der Waals surface area contributed by atoms with Crippen LogP contribution in [0.15, 0.2) is 12.2 Å². The number of esters is 1. The highest BCUT2D eigenvalue weighted by Gasteiger charge is 2.52. The average molecular weight is 286 g/mol. The molecule has 2 N–H and O–H groups in total. The van der Waals surface area contributed by atoms with E-state index in [1.807, 2.05) is 0 Å². The number of aliphatic hydroxyl groups excluding tert-OH is 2. The van der Waals surface area contributed by atoms with E-state index in [4.69, 9.17) is 15.9 Å². The second kappa shape index (κ2) is 6.97. The Morgan fingerprint density at radius 1 is 1.29 bits per heavy atom. The Morgan fingerprint density at radius 2 is 2.10 bits per heavy atom. The standard InChI is InChI=1S/C16H14O5/c1-2-3-4-5-6-7-8-11(17)15-16(21-15)14(19)12-9-10-13(18)20-12/h1,7-8,11-12,14-17,19H,9-10H2. The van der Waals surface area contributed by atoms with E-state index in [0.717, 1.165) is 0 Å². The molecule has 5 atom stereocenters. The average Bonchev–Trinajstić information content (AvgIpc) is 3.16. The lowest BCUT2D eigenvalue weighted by Crippen LogP contribution is -2.33. The van der Waals surface area contributed by atoms with Crippen molar-refractivity contribution in [3.8, 4) is 36.0 Å². The number of cyclic esters (lactones) is 1. The molecular formula is C16H14O5. The van der Waals surface area contributed by atoms with Crippen LogP contribution in [0.1, 0.15) is 12.8 Å². The van der Waals surface area contributed by atoms with Crippen LogP contribution in [0.25, 0.3) is 0 Å². The summed E-state index contributed by atoms with van der Waals surface area (Å²) in [7, 11) is 0. The molecule has 2 fully saturated rings. The largest absolute Gasteiger partial charge is 0.459 e. The Labute approximate surface area is 122 Å². The number of allylic oxidation sites excluding steroid dienone is 1. The third kappa shape index (κ3) is 4.12. The molecular weight excluding hydrogens is 272 g/mol. The summed E-state index contributed by atoms with van der Waals surface area (Å²) in [5.41, 5.74) is 0. The van der Waals surface area contributed by atoms with Crippen LogP contribution in [-0.2, 0) is 14.3 Å². The van der Waals surface area contributed by atoms with E-state index in [1.165, 1.54) is 12.2 Å². The van der Waals surface area contributed by atoms with Gasteiger partial charge < -0.3 is 19.7 Å². The van der Waals surface area contributed by atoms with E-state index in [2.05, 4.69) is 29.6 Å². The Kier molecular flexibility index (Phi) is 5.04. The van der Waals surface area contributed by atoms with Crippen LogP contribution in [-0.4, -0.2) is 46.7 Å². The van der Waals surface area contributed by atoms with Gasteiger partial charge in [0.15, 0.2) is 0 Å². The molecule has 0 aromatic heterocycles. The van der Waals surface area contributed by atoms with Gasteiger partial charge in [-0.3, -0.25) is 4.79 Å². The third-order valence-electron chi connectivity index (χ3n) is 3.18. The molecule has 0 bridgehead atoms. The minimum atomic E-state index is -0.919. The Hall–Kier alpha value is -2.23. The van der Waals surface area contributed by atoms with Crippen molar-refractivity contribution in [2.24, 2.45) is 0 Å². The van der Waals surface area contributed by atoms with E-state index in [-0.39, 0.29) is 5.97 Å². The number of terminal acetylenes is 1. The van der Waals surface area contributed by atoms with Crippen LogP contribution >= 0.6 is 0 Å². The highest BCUT2D eigenvalue weighted by molar-refractivity contribution is 5.71. The van der Waals surface area contributed by atoms with Crippen molar-refractivity contribution in [3.05, 3.63) is 12.2 Å². The van der Waals surface area contributed by atoms with Gasteiger partial charge in [0.2, 0.25) is 0 Å². The van der Waals surface area contributed by atoms with Gasteiger partial charge in [-0.15, -0.1) is 6.42 Å². The van der Waals surface area contributed by atoms with Crippen molar-refractivity contribution >= 4 is 5.97 Å². The Bertz CT molecular complexity index is 592. The molecule has 21 heavy (non-hydrogen) atoms. The van der Waals surface area contributed by atoms with Crippen molar-refractivity contribution < 1.29 is 24.5 Å². The molecule has 2 aliphatic heterocycles. The summed E-state index contributed by atoms with van der Waals surface area (Å²) in [4.78, 5) is 11.0. The van der Waals surface area contributed by atoms with Crippen LogP contribution in [0.4, 0.5) is 0 Å². The fourth-order valence-corrected chi connectivity index (χ4v) is 2.09. The maximum Gasteiger partial charge on any atom is 0.306 e. The zero-order valence-corrected chi connectivity index (χ0v) is 11.2. The zero-order valence-electron chi connectivity index (χ0n) is 11.2. The van der Waals surface area contributed by atoms with Crippen LogP contribution in [0.3, 0.4) is 0 Å². The molecule has 0 amide bonds. The van der Waals surface area contributed by atoms with Gasteiger partial charge >= 0.3 is 5.97 Å². The Morgan fingerprint density at radius 3 is 2.76 bits per heavy atom. The molecule has 5 unspecified atom stereocenters. The first-order chi connectivity index (χ1) is 10.1. The SMILES string of the molecule is C#CC#CC#CC=CC(O)C1OC1C(O)C1CCC(=O)O1. The monoisotopic (exact) mass is 286 g/mol. The minimum absolute atomic E-state index is 0.301. The van der Waals surface area contributed by atoms with Crippen LogP contribution in [0, 0.1) is 36.0 Å². The summed E-state index contributed by atoms with van der Waals surface area (Å²) in [6.45, 7) is 0. The molecule has 0 aliphatic carbocycles. The smallest absolute Gasteiger partial charge is 0.306 e. The van der Waals surface area contributed by atoms with E-state index in [0.29, 0.717) is 12.8 Å². The molecule has 0 spiro atoms. The Balaban J connectivity index is 1.79. The second-order valence-corrected chi connectivity index (χ2v) is 4.64. The number of carbonyl (C=O) groups excluding carboxylic acids is 1. The molecule has 5 heteroatoms. The number of hydrogen-bond acceptors (Lipinski definition) is 5. The summed E-state index contributed by atoms with van der Waals surface area (Å²) in [5.74, 6) is 11.6. The first kappa shape index (κ1) is 15.2. The van der Waals surface area contributed by atoms with E-state index < -0.39 is 30.5 Å². The predicted octanol–water partition coefficient (Wildman–Crippen LogP) is -0.623. The number of hydrogen-bond donors (Lipinski definition) is 2. The summed E-state index contributed by atoms with van der Waals surface area (Å²) >= 11 is 0. The number of carbonyl (C=O) groups is 1. The minimum Gasteiger partial charge on any atom is -0.459 e. The lowest BCUT2D eigenvalue weighted by Gasteiger charge is -2.14. The molecule has 5 nitrogen and oxygen atoms in total. The van der Waals surface area contributed by atoms with Crippen molar-refractivity contribution in [1.82, 2.24) is 0 Å². The lowest BCUT2D eigenvalue weighted by atomic mass is 10.0. The summed E-state index contributed by atoms with van der Waals surface area (Å²) in [5, 5.41) is 19.8. The fourth-order valence-electron chi connectivity index (χ4n) is 2.09. The van der Waals surface area contributed by atoms with Gasteiger partial charge in [0.25, 0.3) is 0 Å². The maximum atomic E-state index is 11.0. The van der Waals surface area contributed by atoms with Crippen molar-refractivity contribution in [3.63, 3.8) is 0 Å². The quantitative estimate of drug-likeness (QED) is 0.409. The molecule has 108 valence electrons. The van der Waals surface area contributed by atoms with E-state index in [9.17, 15) is 15.0 Å². The molecule has 0 aromatic carbocycles. The summed E-state index contributed by atoms with van der Waals surface area (Å²) in [6, 6.07) is 0. The molecule has 2 rings (SSSR count). The first-order valence-corrected chi connectivity index (χ1v) is 6.47. The number of rotatable bonds is 4. The topological polar surface area (TPSA) is 79.3 Å². The van der Waals surface area contributed by atoms with Crippen LogP contribution in [0.5, 0.6) is 0 Å². The lowest BCUT2D eigenvalue weighted by molar-refractivity contribution is -0.145. The number of epoxide rings is 1. The van der Waals surface area contributed by atoms with Gasteiger partial charge in [-0.25, -0.2) is 0 Å². The molecule has 0 aromatic rings. The molecule has 2 saturated heterocycles. The highest BCUT2D eigenvalue weighted by Crippen LogP contribution is 2.33. The van der Waals surface area contributed by atoms with Crippen molar-refractivity contribution in [2.75, 3.05) is 0 Å². The van der Waals surface area contributed by atoms with E-state index >= 15 is 0 Å². The second-order valence-electron chi connectivity index (χ2n) is 4.64. The highest BCUT2D eigenvalue weighted by atomic mass is 16.6.